The van der Waals surface area contributed by atoms with Gasteiger partial charge in [0.05, 0.1) is 42.1 Å². The molecular formula is C33H37BN2O6. The first-order valence-corrected chi connectivity index (χ1v) is 14.8. The molecular weight excluding hydrogens is 531 g/mol. The zero-order chi connectivity index (χ0) is 29.3. The molecule has 0 radical (unpaired) electrons. The third kappa shape index (κ3) is 4.45. The molecule has 1 aromatic heterocycles. The van der Waals surface area contributed by atoms with Gasteiger partial charge >= 0.3 is 13.2 Å². The molecule has 0 spiro atoms. The molecule has 3 aromatic rings. The summed E-state index contributed by atoms with van der Waals surface area (Å²) in [6, 6.07) is 17.9. The van der Waals surface area contributed by atoms with Crippen molar-refractivity contribution in [3.63, 3.8) is 0 Å². The van der Waals surface area contributed by atoms with Crippen molar-refractivity contribution in [1.29, 1.82) is 0 Å². The van der Waals surface area contributed by atoms with Gasteiger partial charge in [-0.25, -0.2) is 4.79 Å². The molecule has 4 aliphatic rings. The van der Waals surface area contributed by atoms with Crippen LogP contribution >= 0.6 is 0 Å². The summed E-state index contributed by atoms with van der Waals surface area (Å²) < 4.78 is 24.3. The Hall–Kier alpha value is -3.24. The summed E-state index contributed by atoms with van der Waals surface area (Å²) in [6.45, 7) is 8.99. The van der Waals surface area contributed by atoms with E-state index < -0.39 is 23.9 Å². The molecule has 218 valence electrons. The minimum absolute atomic E-state index is 0.0111. The minimum Gasteiger partial charge on any atom is -0.448 e. The number of morpholine rings is 1. The highest BCUT2D eigenvalue weighted by molar-refractivity contribution is 6.62. The lowest BCUT2D eigenvalue weighted by atomic mass is 9.74. The van der Waals surface area contributed by atoms with Gasteiger partial charge in [-0.05, 0) is 49.9 Å². The third-order valence-electron chi connectivity index (χ3n) is 9.92. The van der Waals surface area contributed by atoms with Crippen molar-refractivity contribution in [1.82, 2.24) is 9.88 Å². The van der Waals surface area contributed by atoms with Crippen LogP contribution in [0.3, 0.4) is 0 Å². The molecule has 7 rings (SSSR count). The van der Waals surface area contributed by atoms with Crippen molar-refractivity contribution < 1.29 is 28.7 Å². The molecule has 9 heteroatoms. The van der Waals surface area contributed by atoms with Crippen LogP contribution in [0.25, 0.3) is 11.1 Å². The van der Waals surface area contributed by atoms with Gasteiger partial charge in [0.2, 0.25) is 0 Å². The van der Waals surface area contributed by atoms with Gasteiger partial charge in [0.1, 0.15) is 6.61 Å². The Morgan fingerprint density at radius 2 is 1.52 bits per heavy atom. The second-order valence-electron chi connectivity index (χ2n) is 13.1. The van der Waals surface area contributed by atoms with E-state index in [1.54, 1.807) is 17.3 Å². The van der Waals surface area contributed by atoms with Crippen molar-refractivity contribution in [2.75, 3.05) is 19.8 Å². The van der Waals surface area contributed by atoms with E-state index in [1.807, 2.05) is 58.0 Å². The van der Waals surface area contributed by atoms with Crippen LogP contribution in [0.2, 0.25) is 0 Å². The van der Waals surface area contributed by atoms with Gasteiger partial charge in [-0.15, -0.1) is 0 Å². The zero-order valence-corrected chi connectivity index (χ0v) is 24.6. The van der Waals surface area contributed by atoms with Crippen LogP contribution in [-0.4, -0.2) is 71.3 Å². The predicted octanol–water partition coefficient (Wildman–Crippen LogP) is 4.38. The molecule has 2 aromatic carbocycles. The van der Waals surface area contributed by atoms with Crippen molar-refractivity contribution in [2.45, 2.75) is 75.3 Å². The van der Waals surface area contributed by atoms with E-state index in [1.165, 1.54) is 22.3 Å². The van der Waals surface area contributed by atoms with Gasteiger partial charge in [0, 0.05) is 42.2 Å². The lowest BCUT2D eigenvalue weighted by Crippen LogP contribution is -2.62. The van der Waals surface area contributed by atoms with E-state index in [-0.39, 0.29) is 30.7 Å². The molecule has 3 fully saturated rings. The van der Waals surface area contributed by atoms with E-state index in [0.717, 1.165) is 5.46 Å². The van der Waals surface area contributed by atoms with E-state index >= 15 is 0 Å². The lowest BCUT2D eigenvalue weighted by Gasteiger charge is -2.51. The first-order chi connectivity index (χ1) is 20.1. The normalized spacial score (nSPS) is 27.5. The molecule has 2 unspecified atom stereocenters. The predicted molar refractivity (Wildman–Crippen MR) is 158 cm³/mol. The fraction of sp³-hybridized carbons (Fsp3) is 0.455. The summed E-state index contributed by atoms with van der Waals surface area (Å²) in [5, 5.41) is 12.0. The molecule has 1 amide bonds. The van der Waals surface area contributed by atoms with Gasteiger partial charge in [-0.2, -0.15) is 0 Å². The SMILES string of the molecule is CC1(C)OB(c2cncc(C3(O)CC4COCC(C3)N4C(=O)OCC3c4ccccc4-c4ccccc43)c2)OC1(C)C. The van der Waals surface area contributed by atoms with Gasteiger partial charge in [0.25, 0.3) is 0 Å². The largest absolute Gasteiger partial charge is 0.496 e. The molecule has 8 nitrogen and oxygen atoms in total. The van der Waals surface area contributed by atoms with E-state index in [0.29, 0.717) is 31.6 Å². The van der Waals surface area contributed by atoms with Crippen molar-refractivity contribution in [3.05, 3.63) is 83.7 Å². The molecule has 2 bridgehead atoms. The maximum absolute atomic E-state index is 13.6. The fourth-order valence-electron chi connectivity index (χ4n) is 7.00. The number of hydrogen-bond acceptors (Lipinski definition) is 7. The number of piperidine rings is 1. The lowest BCUT2D eigenvalue weighted by molar-refractivity contribution is -0.136. The number of amides is 1. The zero-order valence-electron chi connectivity index (χ0n) is 24.6. The smallest absolute Gasteiger partial charge is 0.448 e. The van der Waals surface area contributed by atoms with Gasteiger partial charge in [-0.1, -0.05) is 54.6 Å². The summed E-state index contributed by atoms with van der Waals surface area (Å²) in [6.07, 6.45) is 3.71. The molecule has 3 saturated heterocycles. The van der Waals surface area contributed by atoms with Crippen LogP contribution < -0.4 is 5.46 Å². The number of ether oxygens (including phenoxy) is 2. The van der Waals surface area contributed by atoms with E-state index in [9.17, 15) is 9.90 Å². The highest BCUT2D eigenvalue weighted by Crippen LogP contribution is 2.45. The maximum Gasteiger partial charge on any atom is 0.496 e. The van der Waals surface area contributed by atoms with Gasteiger partial charge < -0.3 is 23.9 Å². The van der Waals surface area contributed by atoms with Crippen molar-refractivity contribution in [2.24, 2.45) is 0 Å². The number of carbonyl (C=O) groups is 1. The number of benzene rings is 2. The summed E-state index contributed by atoms with van der Waals surface area (Å²) in [4.78, 5) is 19.8. The Kier molecular flexibility index (Phi) is 6.51. The summed E-state index contributed by atoms with van der Waals surface area (Å²) in [7, 11) is -0.574. The number of aliphatic hydroxyl groups is 1. The van der Waals surface area contributed by atoms with Gasteiger partial charge in [0.15, 0.2) is 0 Å². The number of aromatic nitrogens is 1. The van der Waals surface area contributed by atoms with Crippen LogP contribution in [0, 0.1) is 0 Å². The molecule has 42 heavy (non-hydrogen) atoms. The Balaban J connectivity index is 1.08. The average molecular weight is 568 g/mol. The third-order valence-corrected chi connectivity index (χ3v) is 9.92. The van der Waals surface area contributed by atoms with Crippen LogP contribution in [0.1, 0.15) is 63.1 Å². The number of fused-ring (bicyclic) bond motifs is 5. The number of rotatable bonds is 4. The van der Waals surface area contributed by atoms with Gasteiger partial charge in [-0.3, -0.25) is 9.88 Å². The Bertz CT molecular complexity index is 1450. The second-order valence-corrected chi connectivity index (χ2v) is 13.1. The molecule has 0 saturated carbocycles. The van der Waals surface area contributed by atoms with Crippen LogP contribution in [-0.2, 0) is 24.4 Å². The summed E-state index contributed by atoms with van der Waals surface area (Å²) in [5.41, 5.74) is 4.07. The highest BCUT2D eigenvalue weighted by atomic mass is 16.7. The van der Waals surface area contributed by atoms with Crippen molar-refractivity contribution in [3.8, 4) is 11.1 Å². The summed E-state index contributed by atoms with van der Waals surface area (Å²) in [5.74, 6) is -0.0111. The van der Waals surface area contributed by atoms with E-state index in [2.05, 4.69) is 29.2 Å². The Labute approximate surface area is 247 Å². The number of carbonyl (C=O) groups excluding carboxylic acids is 1. The average Bonchev–Trinajstić information content (AvgIpc) is 3.40. The molecule has 4 heterocycles. The maximum atomic E-state index is 13.6. The molecule has 2 atom stereocenters. The van der Waals surface area contributed by atoms with Crippen molar-refractivity contribution >= 4 is 18.7 Å². The minimum atomic E-state index is -1.17. The van der Waals surface area contributed by atoms with Crippen LogP contribution in [0.5, 0.6) is 0 Å². The summed E-state index contributed by atoms with van der Waals surface area (Å²) >= 11 is 0. The molecule has 1 N–H and O–H groups in total. The first kappa shape index (κ1) is 27.6. The first-order valence-electron chi connectivity index (χ1n) is 14.8. The second kappa shape index (κ2) is 9.91. The number of hydrogen-bond donors (Lipinski definition) is 1. The molecule has 1 aliphatic carbocycles. The quantitative estimate of drug-likeness (QED) is 0.468. The number of nitrogens with zero attached hydrogens (tertiary/aromatic N) is 2. The highest BCUT2D eigenvalue weighted by Gasteiger charge is 2.53. The van der Waals surface area contributed by atoms with Crippen LogP contribution in [0.15, 0.2) is 67.0 Å². The fourth-order valence-corrected chi connectivity index (χ4v) is 7.00. The Morgan fingerprint density at radius 3 is 2.12 bits per heavy atom. The Morgan fingerprint density at radius 1 is 0.952 bits per heavy atom. The number of pyridine rings is 1. The van der Waals surface area contributed by atoms with Crippen LogP contribution in [0.4, 0.5) is 4.79 Å². The molecule has 3 aliphatic heterocycles. The standard InChI is InChI=1S/C33H37BN2O6/c1-31(2)32(3,4)42-34(41-31)22-13-21(16-35-17-22)33(38)14-23-18-39-19-24(15-33)36(23)30(37)40-20-29-27-11-7-5-9-25(27)26-10-6-8-12-28(26)29/h5-13,16-17,23-24,29,38H,14-15,18-20H2,1-4H3. The van der Waals surface area contributed by atoms with E-state index in [4.69, 9.17) is 18.8 Å². The topological polar surface area (TPSA) is 90.4 Å². The monoisotopic (exact) mass is 568 g/mol.